The summed E-state index contributed by atoms with van der Waals surface area (Å²) >= 11 is 0. The van der Waals surface area contributed by atoms with E-state index < -0.39 is 0 Å². The minimum atomic E-state index is 0.0864. The Morgan fingerprint density at radius 2 is 2.15 bits per heavy atom. The molecular formula is C16H25N3O. The topological polar surface area (TPSA) is 49.6 Å². The monoisotopic (exact) mass is 275 g/mol. The Hall–Kier alpha value is -1.39. The number of carbonyl (C=O) groups is 1. The summed E-state index contributed by atoms with van der Waals surface area (Å²) in [5, 5.41) is 0. The van der Waals surface area contributed by atoms with Crippen LogP contribution in [0.15, 0.2) is 30.3 Å². The van der Waals surface area contributed by atoms with Gasteiger partial charge in [-0.2, -0.15) is 0 Å². The minimum absolute atomic E-state index is 0.0864. The molecule has 0 bridgehead atoms. The third-order valence-corrected chi connectivity index (χ3v) is 4.04. The number of rotatable bonds is 6. The van der Waals surface area contributed by atoms with Crippen molar-refractivity contribution in [2.75, 3.05) is 26.2 Å². The molecular weight excluding hydrogens is 250 g/mol. The molecule has 1 amide bonds. The molecule has 1 saturated heterocycles. The number of benzene rings is 1. The molecule has 0 radical (unpaired) electrons. The van der Waals surface area contributed by atoms with Crippen LogP contribution >= 0.6 is 0 Å². The van der Waals surface area contributed by atoms with Crippen LogP contribution in [0, 0.1) is 0 Å². The first-order chi connectivity index (χ1) is 9.74. The second kappa shape index (κ2) is 7.41. The second-order valence-corrected chi connectivity index (χ2v) is 5.40. The van der Waals surface area contributed by atoms with E-state index in [0.717, 1.165) is 39.0 Å². The molecule has 2 N–H and O–H groups in total. The summed E-state index contributed by atoms with van der Waals surface area (Å²) in [4.78, 5) is 16.2. The van der Waals surface area contributed by atoms with E-state index in [1.165, 1.54) is 5.56 Å². The summed E-state index contributed by atoms with van der Waals surface area (Å²) in [6, 6.07) is 10.8. The maximum atomic E-state index is 11.8. The summed E-state index contributed by atoms with van der Waals surface area (Å²) in [6.07, 6.45) is 2.19. The molecule has 4 heteroatoms. The van der Waals surface area contributed by atoms with Crippen LogP contribution in [-0.2, 0) is 11.3 Å². The molecule has 1 aliphatic rings. The number of hydrogen-bond donors (Lipinski definition) is 1. The SMILES string of the molecule is CCN(Cc1ccccc1)C[C@H]1CCCN1C(=O)CN. The molecule has 1 atom stereocenters. The van der Waals surface area contributed by atoms with Gasteiger partial charge in [0, 0.05) is 25.7 Å². The van der Waals surface area contributed by atoms with Crippen LogP contribution in [0.25, 0.3) is 0 Å². The van der Waals surface area contributed by atoms with Crippen LogP contribution in [0.1, 0.15) is 25.3 Å². The van der Waals surface area contributed by atoms with Crippen molar-refractivity contribution in [1.29, 1.82) is 0 Å². The lowest BCUT2D eigenvalue weighted by Gasteiger charge is -2.30. The lowest BCUT2D eigenvalue weighted by atomic mass is 10.1. The van der Waals surface area contributed by atoms with E-state index in [0.29, 0.717) is 6.04 Å². The van der Waals surface area contributed by atoms with E-state index in [4.69, 9.17) is 5.73 Å². The predicted octanol–water partition coefficient (Wildman–Crippen LogP) is 1.46. The van der Waals surface area contributed by atoms with E-state index >= 15 is 0 Å². The molecule has 0 spiro atoms. The van der Waals surface area contributed by atoms with E-state index in [-0.39, 0.29) is 12.5 Å². The Labute approximate surface area is 121 Å². The van der Waals surface area contributed by atoms with E-state index in [2.05, 4.69) is 36.1 Å². The van der Waals surface area contributed by atoms with Crippen molar-refractivity contribution in [3.05, 3.63) is 35.9 Å². The van der Waals surface area contributed by atoms with Gasteiger partial charge in [0.2, 0.25) is 5.91 Å². The third-order valence-electron chi connectivity index (χ3n) is 4.04. The van der Waals surface area contributed by atoms with Crippen LogP contribution in [0.2, 0.25) is 0 Å². The Morgan fingerprint density at radius 3 is 2.80 bits per heavy atom. The molecule has 20 heavy (non-hydrogen) atoms. The summed E-state index contributed by atoms with van der Waals surface area (Å²) in [6.45, 7) is 6.05. The average molecular weight is 275 g/mol. The maximum absolute atomic E-state index is 11.8. The van der Waals surface area contributed by atoms with Crippen LogP contribution < -0.4 is 5.73 Å². The lowest BCUT2D eigenvalue weighted by molar-refractivity contribution is -0.130. The van der Waals surface area contributed by atoms with Crippen molar-refractivity contribution in [1.82, 2.24) is 9.80 Å². The fraction of sp³-hybridized carbons (Fsp3) is 0.562. The van der Waals surface area contributed by atoms with Gasteiger partial charge in [0.1, 0.15) is 0 Å². The molecule has 0 unspecified atom stereocenters. The summed E-state index contributed by atoms with van der Waals surface area (Å²) in [5.41, 5.74) is 6.82. The van der Waals surface area contributed by atoms with Crippen LogP contribution in [0.3, 0.4) is 0 Å². The van der Waals surface area contributed by atoms with Crippen molar-refractivity contribution in [3.63, 3.8) is 0 Å². The van der Waals surface area contributed by atoms with Crippen molar-refractivity contribution in [2.24, 2.45) is 5.73 Å². The van der Waals surface area contributed by atoms with Crippen molar-refractivity contribution >= 4 is 5.91 Å². The summed E-state index contributed by atoms with van der Waals surface area (Å²) < 4.78 is 0. The molecule has 0 aromatic heterocycles. The number of amides is 1. The lowest BCUT2D eigenvalue weighted by Crippen LogP contribution is -2.45. The molecule has 0 saturated carbocycles. The highest BCUT2D eigenvalue weighted by Gasteiger charge is 2.28. The number of carbonyl (C=O) groups excluding carboxylic acids is 1. The zero-order chi connectivity index (χ0) is 14.4. The number of nitrogens with zero attached hydrogens (tertiary/aromatic N) is 2. The van der Waals surface area contributed by atoms with Gasteiger partial charge in [-0.1, -0.05) is 37.3 Å². The summed E-state index contributed by atoms with van der Waals surface area (Å²) in [7, 11) is 0. The molecule has 1 aliphatic heterocycles. The molecule has 1 aromatic rings. The number of nitrogens with two attached hydrogens (primary N) is 1. The first-order valence-electron chi connectivity index (χ1n) is 7.50. The van der Waals surface area contributed by atoms with Gasteiger partial charge in [-0.25, -0.2) is 0 Å². The van der Waals surface area contributed by atoms with Crippen LogP contribution in [0.5, 0.6) is 0 Å². The van der Waals surface area contributed by atoms with Gasteiger partial charge in [-0.05, 0) is 24.9 Å². The Morgan fingerprint density at radius 1 is 1.40 bits per heavy atom. The molecule has 110 valence electrons. The zero-order valence-corrected chi connectivity index (χ0v) is 12.3. The fourth-order valence-electron chi connectivity index (χ4n) is 2.92. The molecule has 4 nitrogen and oxygen atoms in total. The first kappa shape index (κ1) is 15.0. The van der Waals surface area contributed by atoms with Crippen LogP contribution in [0.4, 0.5) is 0 Å². The highest BCUT2D eigenvalue weighted by Crippen LogP contribution is 2.19. The van der Waals surface area contributed by atoms with Gasteiger partial charge in [0.15, 0.2) is 0 Å². The zero-order valence-electron chi connectivity index (χ0n) is 12.3. The Balaban J connectivity index is 1.94. The van der Waals surface area contributed by atoms with E-state index in [9.17, 15) is 4.79 Å². The van der Waals surface area contributed by atoms with Gasteiger partial charge in [0.25, 0.3) is 0 Å². The average Bonchev–Trinajstić information content (AvgIpc) is 2.95. The Bertz CT molecular complexity index is 421. The van der Waals surface area contributed by atoms with Crippen molar-refractivity contribution in [2.45, 2.75) is 32.4 Å². The quantitative estimate of drug-likeness (QED) is 0.855. The standard InChI is InChI=1S/C16H25N3O/c1-2-18(12-14-7-4-3-5-8-14)13-15-9-6-10-19(15)16(20)11-17/h3-5,7-8,15H,2,6,9-13,17H2,1H3/t15-/m1/s1. The van der Waals surface area contributed by atoms with Gasteiger partial charge in [-0.3, -0.25) is 9.69 Å². The highest BCUT2D eigenvalue weighted by molar-refractivity contribution is 5.78. The van der Waals surface area contributed by atoms with Crippen molar-refractivity contribution in [3.8, 4) is 0 Å². The predicted molar refractivity (Wildman–Crippen MR) is 81.2 cm³/mol. The van der Waals surface area contributed by atoms with Gasteiger partial charge in [-0.15, -0.1) is 0 Å². The fourth-order valence-corrected chi connectivity index (χ4v) is 2.92. The molecule has 1 aromatic carbocycles. The smallest absolute Gasteiger partial charge is 0.236 e. The largest absolute Gasteiger partial charge is 0.337 e. The van der Waals surface area contributed by atoms with Gasteiger partial charge in [0.05, 0.1) is 6.54 Å². The first-order valence-corrected chi connectivity index (χ1v) is 7.50. The normalized spacial score (nSPS) is 18.8. The second-order valence-electron chi connectivity index (χ2n) is 5.40. The van der Waals surface area contributed by atoms with Gasteiger partial charge >= 0.3 is 0 Å². The highest BCUT2D eigenvalue weighted by atomic mass is 16.2. The summed E-state index contributed by atoms with van der Waals surface area (Å²) in [5.74, 6) is 0.0864. The molecule has 0 aliphatic carbocycles. The van der Waals surface area contributed by atoms with Gasteiger partial charge < -0.3 is 10.6 Å². The Kier molecular flexibility index (Phi) is 5.56. The molecule has 1 fully saturated rings. The number of likely N-dealkylation sites (tertiary alicyclic amines) is 1. The van der Waals surface area contributed by atoms with E-state index in [1.54, 1.807) is 0 Å². The number of hydrogen-bond acceptors (Lipinski definition) is 3. The maximum Gasteiger partial charge on any atom is 0.236 e. The number of likely N-dealkylation sites (N-methyl/N-ethyl adjacent to an activating group) is 1. The third kappa shape index (κ3) is 3.81. The molecule has 1 heterocycles. The van der Waals surface area contributed by atoms with Crippen LogP contribution in [-0.4, -0.2) is 47.9 Å². The molecule has 2 rings (SSSR count). The van der Waals surface area contributed by atoms with Crippen molar-refractivity contribution < 1.29 is 4.79 Å². The minimum Gasteiger partial charge on any atom is -0.337 e. The van der Waals surface area contributed by atoms with E-state index in [1.807, 2.05) is 11.0 Å².